The lowest BCUT2D eigenvalue weighted by Crippen LogP contribution is -2.14. The Bertz CT molecular complexity index is 597. The van der Waals surface area contributed by atoms with Gasteiger partial charge in [0.1, 0.15) is 5.82 Å². The number of nitrogens with one attached hydrogen (secondary N) is 1. The largest absolute Gasteiger partial charge is 0.379 e. The molecule has 1 heterocycles. The molecule has 6 heteroatoms. The number of nitrogens with zero attached hydrogens (tertiary/aromatic N) is 1. The number of nitrogens with two attached hydrogens (primary N) is 1. The Morgan fingerprint density at radius 2 is 2.19 bits per heavy atom. The van der Waals surface area contributed by atoms with E-state index in [4.69, 9.17) is 17.3 Å². The van der Waals surface area contributed by atoms with Crippen molar-refractivity contribution in [2.75, 3.05) is 5.73 Å². The Morgan fingerprint density at radius 1 is 1.44 bits per heavy atom. The molecule has 0 bridgehead atoms. The zero-order valence-electron chi connectivity index (χ0n) is 8.00. The Morgan fingerprint density at radius 3 is 2.88 bits per heavy atom. The first kappa shape index (κ1) is 10.6. The fourth-order valence-electron chi connectivity index (χ4n) is 1.25. The van der Waals surface area contributed by atoms with Crippen molar-refractivity contribution in [3.63, 3.8) is 0 Å². The summed E-state index contributed by atoms with van der Waals surface area (Å²) >= 11 is 5.88. The van der Waals surface area contributed by atoms with E-state index >= 15 is 0 Å². The highest BCUT2D eigenvalue weighted by atomic mass is 35.5. The second-order valence-corrected chi connectivity index (χ2v) is 3.54. The van der Waals surface area contributed by atoms with Crippen molar-refractivity contribution in [1.29, 1.82) is 0 Å². The van der Waals surface area contributed by atoms with Crippen molar-refractivity contribution >= 4 is 17.4 Å². The highest BCUT2D eigenvalue weighted by molar-refractivity contribution is 6.33. The molecule has 3 N–H and O–H groups in total. The third-order valence-corrected chi connectivity index (χ3v) is 2.36. The topological polar surface area (TPSA) is 71.8 Å². The van der Waals surface area contributed by atoms with Crippen molar-refractivity contribution in [3.8, 4) is 11.3 Å². The lowest BCUT2D eigenvalue weighted by atomic mass is 10.1. The molecule has 0 spiro atoms. The van der Waals surface area contributed by atoms with Crippen LogP contribution < -0.4 is 11.3 Å². The van der Waals surface area contributed by atoms with Crippen LogP contribution in [-0.4, -0.2) is 9.97 Å². The van der Waals surface area contributed by atoms with Gasteiger partial charge in [0.25, 0.3) is 5.56 Å². The fourth-order valence-corrected chi connectivity index (χ4v) is 1.47. The van der Waals surface area contributed by atoms with Crippen LogP contribution in [0.4, 0.5) is 10.2 Å². The summed E-state index contributed by atoms with van der Waals surface area (Å²) in [5, 5.41) is 0.323. The summed E-state index contributed by atoms with van der Waals surface area (Å²) in [4.78, 5) is 17.4. The highest BCUT2D eigenvalue weighted by Gasteiger charge is 2.07. The Kier molecular flexibility index (Phi) is 2.62. The van der Waals surface area contributed by atoms with Gasteiger partial charge in [-0.15, -0.1) is 0 Å². The molecule has 1 aromatic carbocycles. The molecule has 0 fully saturated rings. The maximum absolute atomic E-state index is 13.0. The number of nitrogen functional groups attached to an aromatic ring is 1. The van der Waals surface area contributed by atoms with Crippen molar-refractivity contribution in [2.45, 2.75) is 0 Å². The molecular formula is C10H7ClFN3O. The minimum Gasteiger partial charge on any atom is -0.379 e. The van der Waals surface area contributed by atoms with Gasteiger partial charge >= 0.3 is 0 Å². The van der Waals surface area contributed by atoms with Crippen LogP contribution in [0.5, 0.6) is 0 Å². The molecule has 0 saturated heterocycles. The Labute approximate surface area is 94.9 Å². The standard InChI is InChI=1S/C10H7ClFN3O/c11-7-2-1-5(12)3-6(7)8-4-14-9(13)10(16)15-8/h1-4H,(H2,13,14)(H,15,16). The molecule has 0 aliphatic heterocycles. The first-order valence-corrected chi connectivity index (χ1v) is 4.76. The van der Waals surface area contributed by atoms with Gasteiger partial charge < -0.3 is 10.7 Å². The first-order valence-electron chi connectivity index (χ1n) is 4.38. The first-order chi connectivity index (χ1) is 7.58. The van der Waals surface area contributed by atoms with Crippen LogP contribution >= 0.6 is 11.6 Å². The van der Waals surface area contributed by atoms with E-state index in [0.717, 1.165) is 0 Å². The van der Waals surface area contributed by atoms with Gasteiger partial charge in [0, 0.05) is 5.56 Å². The van der Waals surface area contributed by atoms with E-state index in [0.29, 0.717) is 16.3 Å². The van der Waals surface area contributed by atoms with Crippen LogP contribution in [0.1, 0.15) is 0 Å². The van der Waals surface area contributed by atoms with Crippen LogP contribution in [0.2, 0.25) is 5.02 Å². The Balaban J connectivity index is 2.63. The molecule has 0 atom stereocenters. The predicted molar refractivity (Wildman–Crippen MR) is 59.7 cm³/mol. The maximum atomic E-state index is 13.0. The second-order valence-electron chi connectivity index (χ2n) is 3.14. The Hall–Kier alpha value is -1.88. The molecule has 82 valence electrons. The van der Waals surface area contributed by atoms with E-state index < -0.39 is 11.4 Å². The normalized spacial score (nSPS) is 10.4. The van der Waals surface area contributed by atoms with E-state index in [9.17, 15) is 9.18 Å². The number of H-pyrrole nitrogens is 1. The molecule has 2 rings (SSSR count). The number of halogens is 2. The minimum absolute atomic E-state index is 0.142. The SMILES string of the molecule is Nc1ncc(-c2cc(F)ccc2Cl)[nH]c1=O. The van der Waals surface area contributed by atoms with Crippen molar-refractivity contribution in [2.24, 2.45) is 0 Å². The van der Waals surface area contributed by atoms with Gasteiger partial charge in [-0.3, -0.25) is 4.79 Å². The zero-order chi connectivity index (χ0) is 11.7. The molecule has 0 radical (unpaired) electrons. The van der Waals surface area contributed by atoms with E-state index in [1.807, 2.05) is 0 Å². The zero-order valence-corrected chi connectivity index (χ0v) is 8.75. The van der Waals surface area contributed by atoms with Gasteiger partial charge in [-0.2, -0.15) is 0 Å². The predicted octanol–water partition coefficient (Wildman–Crippen LogP) is 1.81. The summed E-state index contributed by atoms with van der Waals surface area (Å²) in [5.74, 6) is -0.589. The molecule has 2 aromatic rings. The number of benzene rings is 1. The van der Waals surface area contributed by atoms with Gasteiger partial charge in [-0.1, -0.05) is 11.6 Å². The second kappa shape index (κ2) is 3.94. The van der Waals surface area contributed by atoms with Gasteiger partial charge in [0.15, 0.2) is 5.82 Å². The number of hydrogen-bond donors (Lipinski definition) is 2. The smallest absolute Gasteiger partial charge is 0.290 e. The number of rotatable bonds is 1. The number of hydrogen-bond acceptors (Lipinski definition) is 3. The average Bonchev–Trinajstić information content (AvgIpc) is 2.26. The molecule has 0 unspecified atom stereocenters. The number of anilines is 1. The number of aromatic nitrogens is 2. The third kappa shape index (κ3) is 1.90. The molecule has 1 aromatic heterocycles. The lowest BCUT2D eigenvalue weighted by Gasteiger charge is -2.04. The molecule has 0 saturated carbocycles. The van der Waals surface area contributed by atoms with E-state index in [1.54, 1.807) is 0 Å². The third-order valence-electron chi connectivity index (χ3n) is 2.03. The van der Waals surface area contributed by atoms with Crippen LogP contribution in [0.25, 0.3) is 11.3 Å². The fraction of sp³-hybridized carbons (Fsp3) is 0. The summed E-state index contributed by atoms with van der Waals surface area (Å²) in [6, 6.07) is 3.85. The van der Waals surface area contributed by atoms with E-state index in [1.165, 1.54) is 24.4 Å². The quantitative estimate of drug-likeness (QED) is 0.797. The van der Waals surface area contributed by atoms with Crippen LogP contribution in [-0.2, 0) is 0 Å². The maximum Gasteiger partial charge on any atom is 0.290 e. The van der Waals surface area contributed by atoms with Gasteiger partial charge in [-0.25, -0.2) is 9.37 Å². The van der Waals surface area contributed by atoms with Gasteiger partial charge in [0.2, 0.25) is 0 Å². The van der Waals surface area contributed by atoms with Crippen LogP contribution in [0.3, 0.4) is 0 Å². The van der Waals surface area contributed by atoms with Crippen LogP contribution in [0, 0.1) is 5.82 Å². The summed E-state index contributed by atoms with van der Waals surface area (Å²) in [6.07, 6.45) is 1.33. The molecule has 0 aliphatic rings. The lowest BCUT2D eigenvalue weighted by molar-refractivity contribution is 0.628. The van der Waals surface area contributed by atoms with Gasteiger partial charge in [0.05, 0.1) is 16.9 Å². The summed E-state index contributed by atoms with van der Waals surface area (Å²) in [5.41, 5.74) is 5.43. The minimum atomic E-state index is -0.530. The van der Waals surface area contributed by atoms with Crippen molar-refractivity contribution in [1.82, 2.24) is 9.97 Å². The summed E-state index contributed by atoms with van der Waals surface area (Å²) < 4.78 is 13.0. The van der Waals surface area contributed by atoms with Crippen molar-refractivity contribution < 1.29 is 4.39 Å². The summed E-state index contributed by atoms with van der Waals surface area (Å²) in [7, 11) is 0. The van der Waals surface area contributed by atoms with Gasteiger partial charge in [-0.05, 0) is 18.2 Å². The molecule has 16 heavy (non-hydrogen) atoms. The molecule has 0 amide bonds. The molecule has 0 aliphatic carbocycles. The van der Waals surface area contributed by atoms with Crippen molar-refractivity contribution in [3.05, 3.63) is 45.6 Å². The monoisotopic (exact) mass is 239 g/mol. The average molecular weight is 240 g/mol. The summed E-state index contributed by atoms with van der Waals surface area (Å²) in [6.45, 7) is 0. The molecule has 4 nitrogen and oxygen atoms in total. The number of aromatic amines is 1. The van der Waals surface area contributed by atoms with Crippen LogP contribution in [0.15, 0.2) is 29.2 Å². The highest BCUT2D eigenvalue weighted by Crippen LogP contribution is 2.25. The van der Waals surface area contributed by atoms with E-state index in [-0.39, 0.29) is 5.82 Å². The van der Waals surface area contributed by atoms with E-state index in [2.05, 4.69) is 9.97 Å². The molecular weight excluding hydrogens is 233 g/mol.